The molecule has 190 valence electrons. The second kappa shape index (κ2) is 8.98. The van der Waals surface area contributed by atoms with Gasteiger partial charge in [0.2, 0.25) is 0 Å². The highest BCUT2D eigenvalue weighted by Crippen LogP contribution is 2.44. The molecule has 35 heavy (non-hydrogen) atoms. The van der Waals surface area contributed by atoms with E-state index in [1.807, 2.05) is 0 Å². The molecular weight excluding hydrogens is 456 g/mol. The van der Waals surface area contributed by atoms with Crippen LogP contribution < -0.4 is 4.74 Å². The first-order valence-corrected chi connectivity index (χ1v) is 11.3. The molecule has 3 rings (SSSR count). The second-order valence-corrected chi connectivity index (χ2v) is 10.5. The first-order valence-electron chi connectivity index (χ1n) is 11.3. The Hall–Kier alpha value is -3.43. The van der Waals surface area contributed by atoms with E-state index in [1.54, 1.807) is 41.5 Å². The van der Waals surface area contributed by atoms with Gasteiger partial charge in [0, 0.05) is 25.0 Å². The SMILES string of the molecule is COC1=CC(C2C(=O)CCC2=O)=NC1(C(=O)OC(C)(C)C)c1cc(OC)c(C(=O)OC(C)(C)C)[nH]1. The average Bonchev–Trinajstić information content (AvgIpc) is 3.40. The molecule has 0 aromatic carbocycles. The Morgan fingerprint density at radius 2 is 1.54 bits per heavy atom. The molecule has 0 spiro atoms. The highest BCUT2D eigenvalue weighted by molar-refractivity contribution is 6.28. The Labute approximate surface area is 204 Å². The van der Waals surface area contributed by atoms with Gasteiger partial charge in [-0.15, -0.1) is 0 Å². The molecule has 2 heterocycles. The van der Waals surface area contributed by atoms with E-state index in [0.29, 0.717) is 0 Å². The lowest BCUT2D eigenvalue weighted by Crippen LogP contribution is -2.41. The van der Waals surface area contributed by atoms with Crippen molar-refractivity contribution in [3.8, 4) is 5.75 Å². The number of esters is 2. The predicted octanol–water partition coefficient (Wildman–Crippen LogP) is 3.05. The van der Waals surface area contributed by atoms with E-state index in [4.69, 9.17) is 18.9 Å². The summed E-state index contributed by atoms with van der Waals surface area (Å²) in [4.78, 5) is 59.0. The van der Waals surface area contributed by atoms with Crippen molar-refractivity contribution in [2.75, 3.05) is 14.2 Å². The van der Waals surface area contributed by atoms with Crippen LogP contribution in [0.2, 0.25) is 0 Å². The normalized spacial score (nSPS) is 21.0. The van der Waals surface area contributed by atoms with E-state index in [1.165, 1.54) is 26.4 Å². The minimum absolute atomic E-state index is 0.0347. The molecule has 1 N–H and O–H groups in total. The summed E-state index contributed by atoms with van der Waals surface area (Å²) in [6.45, 7) is 10.2. The summed E-state index contributed by atoms with van der Waals surface area (Å²) < 4.78 is 22.1. The van der Waals surface area contributed by atoms with Crippen molar-refractivity contribution < 1.29 is 38.1 Å². The van der Waals surface area contributed by atoms with Crippen LogP contribution in [0.25, 0.3) is 0 Å². The Morgan fingerprint density at radius 1 is 0.971 bits per heavy atom. The molecule has 0 bridgehead atoms. The van der Waals surface area contributed by atoms with Crippen LogP contribution in [0.1, 0.15) is 70.6 Å². The summed E-state index contributed by atoms with van der Waals surface area (Å²) >= 11 is 0. The molecule has 0 saturated heterocycles. The maximum Gasteiger partial charge on any atom is 0.359 e. The fourth-order valence-electron chi connectivity index (χ4n) is 3.99. The molecule has 1 unspecified atom stereocenters. The number of aromatic nitrogens is 1. The van der Waals surface area contributed by atoms with Gasteiger partial charge in [0.25, 0.3) is 5.54 Å². The van der Waals surface area contributed by atoms with Crippen molar-refractivity contribution in [3.05, 3.63) is 29.3 Å². The number of methoxy groups -OCH3 is 2. The quantitative estimate of drug-likeness (QED) is 0.477. The van der Waals surface area contributed by atoms with Crippen LogP contribution in [-0.2, 0) is 34.1 Å². The lowest BCUT2D eigenvalue weighted by atomic mass is 9.94. The minimum Gasteiger partial charge on any atom is -0.497 e. The molecule has 1 fully saturated rings. The Kier molecular flexibility index (Phi) is 6.71. The second-order valence-electron chi connectivity index (χ2n) is 10.5. The third-order valence-electron chi connectivity index (χ3n) is 5.40. The van der Waals surface area contributed by atoms with E-state index < -0.39 is 34.6 Å². The van der Waals surface area contributed by atoms with Gasteiger partial charge in [-0.2, -0.15) is 0 Å². The zero-order valence-corrected chi connectivity index (χ0v) is 21.4. The molecule has 1 atom stereocenters. The van der Waals surface area contributed by atoms with Crippen LogP contribution in [-0.4, -0.2) is 59.6 Å². The van der Waals surface area contributed by atoms with E-state index in [-0.39, 0.29) is 53.0 Å². The van der Waals surface area contributed by atoms with Gasteiger partial charge < -0.3 is 23.9 Å². The number of Topliss-reactive ketones (excluding diaryl/α,β-unsaturated/α-hetero) is 2. The van der Waals surface area contributed by atoms with Crippen molar-refractivity contribution in [1.82, 2.24) is 4.98 Å². The van der Waals surface area contributed by atoms with Gasteiger partial charge in [0.15, 0.2) is 11.4 Å². The maximum atomic E-state index is 13.7. The van der Waals surface area contributed by atoms with Gasteiger partial charge >= 0.3 is 11.9 Å². The topological polar surface area (TPSA) is 133 Å². The number of ether oxygens (including phenoxy) is 4. The smallest absolute Gasteiger partial charge is 0.359 e. The summed E-state index contributed by atoms with van der Waals surface area (Å²) in [7, 11) is 2.71. The number of nitrogens with one attached hydrogen (secondary N) is 1. The lowest BCUT2D eigenvalue weighted by Gasteiger charge is -2.30. The van der Waals surface area contributed by atoms with Crippen LogP contribution >= 0.6 is 0 Å². The summed E-state index contributed by atoms with van der Waals surface area (Å²) in [5.74, 6) is -3.01. The Balaban J connectivity index is 2.22. The number of aliphatic imine (C=N–C) groups is 1. The molecular formula is C25H32N2O8. The number of nitrogens with zero attached hydrogens (tertiary/aromatic N) is 1. The molecule has 1 aliphatic heterocycles. The van der Waals surface area contributed by atoms with Gasteiger partial charge in [-0.05, 0) is 41.5 Å². The number of hydrogen-bond donors (Lipinski definition) is 1. The van der Waals surface area contributed by atoms with Gasteiger partial charge in [0.05, 0.1) is 25.6 Å². The van der Waals surface area contributed by atoms with Gasteiger partial charge in [-0.1, -0.05) is 0 Å². The number of H-pyrrole nitrogens is 1. The monoisotopic (exact) mass is 488 g/mol. The maximum absolute atomic E-state index is 13.7. The Bertz CT molecular complexity index is 1110. The minimum atomic E-state index is -1.94. The fourth-order valence-corrected chi connectivity index (χ4v) is 3.99. The van der Waals surface area contributed by atoms with Gasteiger partial charge in [-0.25, -0.2) is 9.59 Å². The third kappa shape index (κ3) is 5.01. The number of carbonyl (C=O) groups excluding carboxylic acids is 4. The summed E-state index contributed by atoms with van der Waals surface area (Å²) in [6, 6.07) is 1.43. The molecule has 10 heteroatoms. The van der Waals surface area contributed by atoms with Gasteiger partial charge in [-0.3, -0.25) is 14.6 Å². The lowest BCUT2D eigenvalue weighted by molar-refractivity contribution is -0.161. The third-order valence-corrected chi connectivity index (χ3v) is 5.40. The number of carbonyl (C=O) groups is 4. The standard InChI is InChI=1S/C25H32N2O8/c1-23(2,3)34-21(30)20-16(32-7)12-17(26-20)25(22(31)35-24(4,5)6)18(33-8)11-13(27-25)19-14(28)9-10-15(19)29/h11-12,19,26H,9-10H2,1-8H3. The fraction of sp³-hybridized carbons (Fsp3) is 0.560. The van der Waals surface area contributed by atoms with Crippen molar-refractivity contribution in [3.63, 3.8) is 0 Å². The summed E-state index contributed by atoms with van der Waals surface area (Å²) in [5, 5.41) is 0. The van der Waals surface area contributed by atoms with Crippen molar-refractivity contribution in [2.45, 2.75) is 71.1 Å². The molecule has 0 radical (unpaired) electrons. The largest absolute Gasteiger partial charge is 0.497 e. The van der Waals surface area contributed by atoms with Crippen LogP contribution in [0, 0.1) is 5.92 Å². The van der Waals surface area contributed by atoms with Gasteiger partial charge in [0.1, 0.15) is 34.4 Å². The summed E-state index contributed by atoms with van der Waals surface area (Å²) in [6.07, 6.45) is 1.63. The van der Waals surface area contributed by atoms with Crippen LogP contribution in [0.4, 0.5) is 0 Å². The number of hydrogen-bond acceptors (Lipinski definition) is 9. The highest BCUT2D eigenvalue weighted by atomic mass is 16.6. The van der Waals surface area contributed by atoms with Crippen LogP contribution in [0.3, 0.4) is 0 Å². The molecule has 1 aromatic heterocycles. The average molecular weight is 489 g/mol. The number of ketones is 2. The van der Waals surface area contributed by atoms with Crippen LogP contribution in [0.5, 0.6) is 5.75 Å². The molecule has 2 aliphatic rings. The van der Waals surface area contributed by atoms with Crippen molar-refractivity contribution in [2.24, 2.45) is 10.9 Å². The first kappa shape index (κ1) is 26.2. The van der Waals surface area contributed by atoms with E-state index in [9.17, 15) is 19.2 Å². The highest BCUT2D eigenvalue weighted by Gasteiger charge is 2.55. The van der Waals surface area contributed by atoms with Crippen molar-refractivity contribution >= 4 is 29.2 Å². The number of rotatable bonds is 6. The van der Waals surface area contributed by atoms with E-state index in [2.05, 4.69) is 9.98 Å². The van der Waals surface area contributed by atoms with E-state index >= 15 is 0 Å². The van der Waals surface area contributed by atoms with E-state index in [0.717, 1.165) is 0 Å². The summed E-state index contributed by atoms with van der Waals surface area (Å²) in [5.41, 5.74) is -3.44. The van der Waals surface area contributed by atoms with Crippen LogP contribution in [0.15, 0.2) is 22.9 Å². The molecule has 1 saturated carbocycles. The molecule has 1 aromatic rings. The van der Waals surface area contributed by atoms with Crippen molar-refractivity contribution in [1.29, 1.82) is 0 Å². The molecule has 1 aliphatic carbocycles. The Morgan fingerprint density at radius 3 is 2.03 bits per heavy atom. The zero-order valence-electron chi connectivity index (χ0n) is 21.4. The molecule has 0 amide bonds. The number of aromatic amines is 1. The zero-order chi connectivity index (χ0) is 26.3. The predicted molar refractivity (Wildman–Crippen MR) is 125 cm³/mol. The number of allylic oxidation sites excluding steroid dienone is 1. The molecule has 10 nitrogen and oxygen atoms in total. The first-order chi connectivity index (χ1) is 16.1.